The van der Waals surface area contributed by atoms with Crippen LogP contribution in [0.15, 0.2) is 0 Å². The van der Waals surface area contributed by atoms with Crippen molar-refractivity contribution < 1.29 is 19.1 Å². The van der Waals surface area contributed by atoms with Crippen LogP contribution in [0.4, 0.5) is 4.79 Å². The maximum atomic E-state index is 11.9. The molecule has 1 aliphatic heterocycles. The smallest absolute Gasteiger partial charge is 0.409 e. The van der Waals surface area contributed by atoms with Crippen LogP contribution in [0, 0.1) is 5.92 Å². The molecular formula is C13H23NO4. The summed E-state index contributed by atoms with van der Waals surface area (Å²) in [4.78, 5) is 25.1. The van der Waals surface area contributed by atoms with Crippen LogP contribution in [0.3, 0.4) is 0 Å². The van der Waals surface area contributed by atoms with E-state index >= 15 is 0 Å². The second-order valence-electron chi connectivity index (χ2n) is 5.52. The van der Waals surface area contributed by atoms with E-state index in [-0.39, 0.29) is 18.0 Å². The molecule has 0 aromatic carbocycles. The van der Waals surface area contributed by atoms with Crippen LogP contribution in [-0.2, 0) is 14.3 Å². The van der Waals surface area contributed by atoms with Gasteiger partial charge >= 0.3 is 12.1 Å². The fourth-order valence-corrected chi connectivity index (χ4v) is 1.94. The molecule has 0 saturated carbocycles. The number of likely N-dealkylation sites (tertiary alicyclic amines) is 1. The fourth-order valence-electron chi connectivity index (χ4n) is 1.94. The van der Waals surface area contributed by atoms with Crippen LogP contribution >= 0.6 is 0 Å². The van der Waals surface area contributed by atoms with Gasteiger partial charge in [-0.15, -0.1) is 0 Å². The lowest BCUT2D eigenvalue weighted by atomic mass is 9.98. The minimum Gasteiger partial charge on any atom is -0.460 e. The zero-order valence-corrected chi connectivity index (χ0v) is 11.7. The Balaban J connectivity index is 2.53. The topological polar surface area (TPSA) is 55.8 Å². The van der Waals surface area contributed by atoms with Crippen molar-refractivity contribution in [3.8, 4) is 0 Å². The summed E-state index contributed by atoms with van der Waals surface area (Å²) in [5.74, 6) is -0.459. The summed E-state index contributed by atoms with van der Waals surface area (Å²) in [5.41, 5.74) is -0.483. The monoisotopic (exact) mass is 257 g/mol. The Hall–Kier alpha value is -1.26. The molecule has 18 heavy (non-hydrogen) atoms. The zero-order valence-electron chi connectivity index (χ0n) is 11.7. The molecule has 0 radical (unpaired) electrons. The van der Waals surface area contributed by atoms with Gasteiger partial charge in [-0.05, 0) is 40.5 Å². The lowest BCUT2D eigenvalue weighted by Crippen LogP contribution is -2.44. The first-order valence-electron chi connectivity index (χ1n) is 6.48. The van der Waals surface area contributed by atoms with E-state index < -0.39 is 5.60 Å². The molecule has 5 nitrogen and oxygen atoms in total. The summed E-state index contributed by atoms with van der Waals surface area (Å²) in [5, 5.41) is 0. The second-order valence-corrected chi connectivity index (χ2v) is 5.52. The average molecular weight is 257 g/mol. The van der Waals surface area contributed by atoms with Crippen molar-refractivity contribution in [2.45, 2.75) is 46.1 Å². The van der Waals surface area contributed by atoms with Gasteiger partial charge in [-0.25, -0.2) is 4.79 Å². The van der Waals surface area contributed by atoms with Crippen LogP contribution in [0.1, 0.15) is 40.5 Å². The third-order valence-corrected chi connectivity index (χ3v) is 2.69. The van der Waals surface area contributed by atoms with Crippen LogP contribution in [0.2, 0.25) is 0 Å². The third-order valence-electron chi connectivity index (χ3n) is 2.69. The molecule has 1 amide bonds. The lowest BCUT2D eigenvalue weighted by Gasteiger charge is -2.32. The quantitative estimate of drug-likeness (QED) is 0.712. The van der Waals surface area contributed by atoms with E-state index in [1.807, 2.05) is 20.8 Å². The molecule has 1 atom stereocenters. The summed E-state index contributed by atoms with van der Waals surface area (Å²) in [7, 11) is 0. The molecule has 5 heteroatoms. The van der Waals surface area contributed by atoms with Gasteiger partial charge in [0.25, 0.3) is 0 Å². The van der Waals surface area contributed by atoms with E-state index in [1.54, 1.807) is 11.8 Å². The minimum absolute atomic E-state index is 0.225. The molecule has 0 aromatic rings. The molecular weight excluding hydrogens is 234 g/mol. The summed E-state index contributed by atoms with van der Waals surface area (Å²) >= 11 is 0. The van der Waals surface area contributed by atoms with Gasteiger partial charge in [-0.2, -0.15) is 0 Å². The Labute approximate surface area is 108 Å². The van der Waals surface area contributed by atoms with Crippen LogP contribution in [0.25, 0.3) is 0 Å². The molecule has 1 heterocycles. The van der Waals surface area contributed by atoms with Crippen molar-refractivity contribution in [3.05, 3.63) is 0 Å². The third kappa shape index (κ3) is 4.55. The SMILES string of the molecule is CCOC(=O)N1CCCC(C(=O)OC(C)(C)C)C1. The number of ether oxygens (including phenoxy) is 2. The van der Waals surface area contributed by atoms with E-state index in [4.69, 9.17) is 9.47 Å². The molecule has 0 bridgehead atoms. The van der Waals surface area contributed by atoms with E-state index in [0.29, 0.717) is 19.7 Å². The molecule has 1 aliphatic rings. The summed E-state index contributed by atoms with van der Waals surface area (Å²) < 4.78 is 10.3. The Bertz CT molecular complexity index is 309. The number of rotatable bonds is 2. The highest BCUT2D eigenvalue weighted by Gasteiger charge is 2.32. The number of carbonyl (C=O) groups is 2. The fraction of sp³-hybridized carbons (Fsp3) is 0.846. The average Bonchev–Trinajstić information content (AvgIpc) is 2.27. The van der Waals surface area contributed by atoms with Crippen molar-refractivity contribution in [1.82, 2.24) is 4.90 Å². The number of nitrogens with zero attached hydrogens (tertiary/aromatic N) is 1. The zero-order chi connectivity index (χ0) is 13.8. The van der Waals surface area contributed by atoms with Gasteiger partial charge < -0.3 is 14.4 Å². The van der Waals surface area contributed by atoms with Gasteiger partial charge in [0.15, 0.2) is 0 Å². The number of carbonyl (C=O) groups excluding carboxylic acids is 2. The van der Waals surface area contributed by atoms with Crippen LogP contribution in [0.5, 0.6) is 0 Å². The predicted octanol–water partition coefficient (Wildman–Crippen LogP) is 2.20. The minimum atomic E-state index is -0.483. The first-order valence-corrected chi connectivity index (χ1v) is 6.48. The Kier molecular flexibility index (Phi) is 4.99. The number of hydrogen-bond acceptors (Lipinski definition) is 4. The number of hydrogen-bond donors (Lipinski definition) is 0. The number of amides is 1. The molecule has 0 spiro atoms. The summed E-state index contributed by atoms with van der Waals surface area (Å²) in [6, 6.07) is 0. The molecule has 0 aliphatic carbocycles. The van der Waals surface area contributed by atoms with Gasteiger partial charge in [0, 0.05) is 13.1 Å². The molecule has 1 unspecified atom stereocenters. The normalized spacial score (nSPS) is 20.4. The van der Waals surface area contributed by atoms with E-state index in [0.717, 1.165) is 12.8 Å². The van der Waals surface area contributed by atoms with Crippen molar-refractivity contribution in [1.29, 1.82) is 0 Å². The lowest BCUT2D eigenvalue weighted by molar-refractivity contribution is -0.161. The Morgan fingerprint density at radius 2 is 2.00 bits per heavy atom. The van der Waals surface area contributed by atoms with E-state index in [9.17, 15) is 9.59 Å². The molecule has 1 rings (SSSR count). The highest BCUT2D eigenvalue weighted by Crippen LogP contribution is 2.21. The Morgan fingerprint density at radius 1 is 1.33 bits per heavy atom. The molecule has 1 fully saturated rings. The molecule has 0 N–H and O–H groups in total. The standard InChI is InChI=1S/C13H23NO4/c1-5-17-12(16)14-8-6-7-10(9-14)11(15)18-13(2,3)4/h10H,5-9H2,1-4H3. The van der Waals surface area contributed by atoms with Gasteiger partial charge in [0.2, 0.25) is 0 Å². The van der Waals surface area contributed by atoms with E-state index in [1.165, 1.54) is 0 Å². The first-order chi connectivity index (χ1) is 8.33. The largest absolute Gasteiger partial charge is 0.460 e. The summed E-state index contributed by atoms with van der Waals surface area (Å²) in [6.45, 7) is 8.70. The van der Waals surface area contributed by atoms with Crippen molar-refractivity contribution in [3.63, 3.8) is 0 Å². The van der Waals surface area contributed by atoms with Crippen molar-refractivity contribution >= 4 is 12.1 Å². The van der Waals surface area contributed by atoms with Gasteiger partial charge in [-0.3, -0.25) is 4.79 Å². The van der Waals surface area contributed by atoms with Crippen LogP contribution in [-0.4, -0.2) is 42.3 Å². The highest BCUT2D eigenvalue weighted by molar-refractivity contribution is 5.75. The molecule has 1 saturated heterocycles. The maximum absolute atomic E-state index is 11.9. The van der Waals surface area contributed by atoms with E-state index in [2.05, 4.69) is 0 Å². The predicted molar refractivity (Wildman–Crippen MR) is 67.2 cm³/mol. The van der Waals surface area contributed by atoms with Gasteiger partial charge in [0.1, 0.15) is 5.60 Å². The maximum Gasteiger partial charge on any atom is 0.409 e. The van der Waals surface area contributed by atoms with Crippen LogP contribution < -0.4 is 0 Å². The summed E-state index contributed by atoms with van der Waals surface area (Å²) in [6.07, 6.45) is 1.24. The second kappa shape index (κ2) is 6.07. The van der Waals surface area contributed by atoms with Gasteiger partial charge in [-0.1, -0.05) is 0 Å². The van der Waals surface area contributed by atoms with Crippen molar-refractivity contribution in [2.24, 2.45) is 5.92 Å². The first kappa shape index (κ1) is 14.8. The molecule has 0 aromatic heterocycles. The molecule has 104 valence electrons. The number of piperidine rings is 1. The number of esters is 1. The van der Waals surface area contributed by atoms with Gasteiger partial charge in [0.05, 0.1) is 12.5 Å². The Morgan fingerprint density at radius 3 is 2.56 bits per heavy atom. The van der Waals surface area contributed by atoms with Crippen molar-refractivity contribution in [2.75, 3.05) is 19.7 Å². The highest BCUT2D eigenvalue weighted by atomic mass is 16.6.